The van der Waals surface area contributed by atoms with E-state index in [1.165, 1.54) is 0 Å². The molecule has 98 valence electrons. The van der Waals surface area contributed by atoms with Crippen molar-refractivity contribution in [3.05, 3.63) is 22.7 Å². The summed E-state index contributed by atoms with van der Waals surface area (Å²) in [7, 11) is 1.88. The Morgan fingerprint density at radius 1 is 1.56 bits per heavy atom. The standard InChI is InChI=1S/C12H16ClN3O2/c1-16(8-2-3-18-6-8)11-9(12(15)17)4-7(14)5-10(11)13/h4-5,8H,2-3,6,14H2,1H3,(H2,15,17). The number of carbonyl (C=O) groups excluding carboxylic acids is 1. The van der Waals surface area contributed by atoms with E-state index in [2.05, 4.69) is 0 Å². The Bertz CT molecular complexity index is 473. The van der Waals surface area contributed by atoms with Gasteiger partial charge in [-0.15, -0.1) is 0 Å². The molecule has 4 N–H and O–H groups in total. The van der Waals surface area contributed by atoms with Gasteiger partial charge in [-0.3, -0.25) is 4.79 Å². The maximum atomic E-state index is 11.5. The minimum atomic E-state index is -0.537. The fourth-order valence-electron chi connectivity index (χ4n) is 2.18. The van der Waals surface area contributed by atoms with Crippen LogP contribution in [0.3, 0.4) is 0 Å². The summed E-state index contributed by atoms with van der Waals surface area (Å²) < 4.78 is 5.34. The smallest absolute Gasteiger partial charge is 0.250 e. The zero-order valence-electron chi connectivity index (χ0n) is 10.1. The minimum Gasteiger partial charge on any atom is -0.399 e. The lowest BCUT2D eigenvalue weighted by atomic mass is 10.1. The summed E-state index contributed by atoms with van der Waals surface area (Å²) in [6.07, 6.45) is 0.898. The van der Waals surface area contributed by atoms with Crippen molar-refractivity contribution >= 4 is 28.9 Å². The summed E-state index contributed by atoms with van der Waals surface area (Å²) in [5.74, 6) is -0.537. The maximum Gasteiger partial charge on any atom is 0.250 e. The van der Waals surface area contributed by atoms with Crippen LogP contribution < -0.4 is 16.4 Å². The molecule has 0 aromatic heterocycles. The van der Waals surface area contributed by atoms with Crippen molar-refractivity contribution in [3.8, 4) is 0 Å². The van der Waals surface area contributed by atoms with Crippen LogP contribution in [-0.2, 0) is 4.74 Å². The van der Waals surface area contributed by atoms with Gasteiger partial charge in [0, 0.05) is 19.3 Å². The molecular weight excluding hydrogens is 254 g/mol. The molecule has 1 amide bonds. The number of ether oxygens (including phenoxy) is 1. The normalized spacial score (nSPS) is 18.9. The molecule has 1 aromatic carbocycles. The highest BCUT2D eigenvalue weighted by Crippen LogP contribution is 2.34. The maximum absolute atomic E-state index is 11.5. The molecule has 1 atom stereocenters. The second kappa shape index (κ2) is 5.04. The molecule has 5 nitrogen and oxygen atoms in total. The number of hydrogen-bond donors (Lipinski definition) is 2. The van der Waals surface area contributed by atoms with E-state index in [9.17, 15) is 4.79 Å². The van der Waals surface area contributed by atoms with E-state index in [0.717, 1.165) is 6.42 Å². The monoisotopic (exact) mass is 269 g/mol. The van der Waals surface area contributed by atoms with E-state index in [1.54, 1.807) is 12.1 Å². The quantitative estimate of drug-likeness (QED) is 0.809. The second-order valence-corrected chi connectivity index (χ2v) is 4.80. The van der Waals surface area contributed by atoms with Crippen LogP contribution in [0.15, 0.2) is 12.1 Å². The van der Waals surface area contributed by atoms with Crippen molar-refractivity contribution in [1.82, 2.24) is 0 Å². The number of nitrogens with zero attached hydrogens (tertiary/aromatic N) is 1. The van der Waals surface area contributed by atoms with Gasteiger partial charge in [0.2, 0.25) is 0 Å². The van der Waals surface area contributed by atoms with Gasteiger partial charge < -0.3 is 21.1 Å². The number of benzene rings is 1. The molecule has 18 heavy (non-hydrogen) atoms. The van der Waals surface area contributed by atoms with Crippen molar-refractivity contribution in [2.75, 3.05) is 30.9 Å². The Hall–Kier alpha value is -1.46. The average molecular weight is 270 g/mol. The number of halogens is 1. The molecule has 1 aromatic rings. The highest BCUT2D eigenvalue weighted by Gasteiger charge is 2.25. The number of amides is 1. The molecule has 0 spiro atoms. The molecule has 6 heteroatoms. The van der Waals surface area contributed by atoms with Crippen molar-refractivity contribution in [3.63, 3.8) is 0 Å². The number of likely N-dealkylation sites (N-methyl/N-ethyl adjacent to an activating group) is 1. The lowest BCUT2D eigenvalue weighted by Crippen LogP contribution is -2.34. The third kappa shape index (κ3) is 2.37. The summed E-state index contributed by atoms with van der Waals surface area (Å²) >= 11 is 6.18. The first-order valence-corrected chi connectivity index (χ1v) is 6.08. The third-order valence-electron chi connectivity index (χ3n) is 3.16. The molecule has 0 aliphatic carbocycles. The molecule has 1 unspecified atom stereocenters. The number of anilines is 2. The van der Waals surface area contributed by atoms with Crippen LogP contribution in [0.25, 0.3) is 0 Å². The van der Waals surface area contributed by atoms with E-state index in [4.69, 9.17) is 27.8 Å². The number of rotatable bonds is 3. The van der Waals surface area contributed by atoms with E-state index >= 15 is 0 Å². The Balaban J connectivity index is 2.44. The number of nitrogens with two attached hydrogens (primary N) is 2. The number of hydrogen-bond acceptors (Lipinski definition) is 4. The number of primary amides is 1. The summed E-state index contributed by atoms with van der Waals surface area (Å²) in [6, 6.07) is 3.37. The highest BCUT2D eigenvalue weighted by atomic mass is 35.5. The Morgan fingerprint density at radius 3 is 2.83 bits per heavy atom. The topological polar surface area (TPSA) is 81.6 Å². The van der Waals surface area contributed by atoms with Crippen LogP contribution in [0, 0.1) is 0 Å². The first-order valence-electron chi connectivity index (χ1n) is 5.70. The Labute approximate surface area is 111 Å². The fourth-order valence-corrected chi connectivity index (χ4v) is 2.54. The molecule has 0 bridgehead atoms. The van der Waals surface area contributed by atoms with Crippen LogP contribution in [0.1, 0.15) is 16.8 Å². The van der Waals surface area contributed by atoms with Crippen LogP contribution in [-0.4, -0.2) is 32.2 Å². The second-order valence-electron chi connectivity index (χ2n) is 4.39. The van der Waals surface area contributed by atoms with Gasteiger partial charge in [0.05, 0.1) is 28.9 Å². The summed E-state index contributed by atoms with van der Waals surface area (Å²) in [5.41, 5.74) is 12.4. The SMILES string of the molecule is CN(c1c(Cl)cc(N)cc1C(N)=O)C1CCOC1. The molecule has 1 saturated heterocycles. The molecule has 2 rings (SSSR count). The van der Waals surface area contributed by atoms with Crippen LogP contribution in [0.2, 0.25) is 5.02 Å². The molecule has 1 aliphatic rings. The first kappa shape index (κ1) is 13.0. The highest BCUT2D eigenvalue weighted by molar-refractivity contribution is 6.34. The van der Waals surface area contributed by atoms with Crippen LogP contribution in [0.4, 0.5) is 11.4 Å². The Kier molecular flexibility index (Phi) is 3.63. The third-order valence-corrected chi connectivity index (χ3v) is 3.45. The zero-order valence-corrected chi connectivity index (χ0v) is 10.9. The van der Waals surface area contributed by atoms with Gasteiger partial charge in [-0.1, -0.05) is 11.6 Å². The van der Waals surface area contributed by atoms with Crippen molar-refractivity contribution in [2.45, 2.75) is 12.5 Å². The average Bonchev–Trinajstić information content (AvgIpc) is 2.80. The van der Waals surface area contributed by atoms with Gasteiger partial charge in [-0.25, -0.2) is 0 Å². The van der Waals surface area contributed by atoms with Crippen LogP contribution >= 0.6 is 11.6 Å². The predicted molar refractivity (Wildman–Crippen MR) is 72.0 cm³/mol. The van der Waals surface area contributed by atoms with Gasteiger partial charge in [0.1, 0.15) is 0 Å². The van der Waals surface area contributed by atoms with Crippen molar-refractivity contribution < 1.29 is 9.53 Å². The van der Waals surface area contributed by atoms with Crippen LogP contribution in [0.5, 0.6) is 0 Å². The van der Waals surface area contributed by atoms with Gasteiger partial charge in [-0.05, 0) is 18.6 Å². The molecule has 1 fully saturated rings. The first-order chi connectivity index (χ1) is 8.50. The largest absolute Gasteiger partial charge is 0.399 e. The fraction of sp³-hybridized carbons (Fsp3) is 0.417. The lowest BCUT2D eigenvalue weighted by molar-refractivity contribution is 0.100. The minimum absolute atomic E-state index is 0.198. The molecule has 1 heterocycles. The van der Waals surface area contributed by atoms with E-state index < -0.39 is 5.91 Å². The van der Waals surface area contributed by atoms with Gasteiger partial charge >= 0.3 is 0 Å². The summed E-state index contributed by atoms with van der Waals surface area (Å²) in [4.78, 5) is 13.4. The lowest BCUT2D eigenvalue weighted by Gasteiger charge is -2.28. The van der Waals surface area contributed by atoms with E-state index in [1.807, 2.05) is 11.9 Å². The van der Waals surface area contributed by atoms with E-state index in [0.29, 0.717) is 35.2 Å². The van der Waals surface area contributed by atoms with Gasteiger partial charge in [-0.2, -0.15) is 0 Å². The van der Waals surface area contributed by atoms with Gasteiger partial charge in [0.25, 0.3) is 5.91 Å². The molecule has 1 aliphatic heterocycles. The predicted octanol–water partition coefficient (Wildman–Crippen LogP) is 1.25. The molecule has 0 radical (unpaired) electrons. The zero-order chi connectivity index (χ0) is 13.3. The summed E-state index contributed by atoms with van der Waals surface area (Å²) in [6.45, 7) is 1.34. The number of carbonyl (C=O) groups is 1. The Morgan fingerprint density at radius 2 is 2.28 bits per heavy atom. The van der Waals surface area contributed by atoms with Crippen molar-refractivity contribution in [1.29, 1.82) is 0 Å². The van der Waals surface area contributed by atoms with E-state index in [-0.39, 0.29) is 6.04 Å². The molecule has 0 saturated carbocycles. The number of nitrogen functional groups attached to an aromatic ring is 1. The summed E-state index contributed by atoms with van der Waals surface area (Å²) in [5, 5.41) is 0.429. The van der Waals surface area contributed by atoms with Gasteiger partial charge in [0.15, 0.2) is 0 Å². The van der Waals surface area contributed by atoms with Crippen molar-refractivity contribution in [2.24, 2.45) is 5.73 Å². The molecular formula is C12H16ClN3O2.